The lowest BCUT2D eigenvalue weighted by Crippen LogP contribution is -2.58. The first-order valence-electron chi connectivity index (χ1n) is 14.4. The van der Waals surface area contributed by atoms with Crippen LogP contribution in [0.5, 0.6) is 5.75 Å². The Morgan fingerprint density at radius 1 is 1.05 bits per heavy atom. The van der Waals surface area contributed by atoms with Gasteiger partial charge in [-0.2, -0.15) is 0 Å². The van der Waals surface area contributed by atoms with Crippen molar-refractivity contribution in [3.8, 4) is 5.75 Å². The number of carbonyl (C=O) groups excluding carboxylic acids is 1. The second-order valence-corrected chi connectivity index (χ2v) is 11.8. The largest absolute Gasteiger partial charge is 0.496 e. The summed E-state index contributed by atoms with van der Waals surface area (Å²) >= 11 is 0. The number of fused-ring (bicyclic) bond motifs is 4. The molecule has 0 saturated heterocycles. The van der Waals surface area contributed by atoms with E-state index in [1.807, 2.05) is 30.3 Å². The van der Waals surface area contributed by atoms with Crippen LogP contribution in [0, 0.1) is 5.82 Å². The Kier molecular flexibility index (Phi) is 7.12. The minimum atomic E-state index is -0.483. The van der Waals surface area contributed by atoms with Crippen molar-refractivity contribution in [2.24, 2.45) is 0 Å². The highest BCUT2D eigenvalue weighted by Gasteiger charge is 2.53. The Balaban J connectivity index is 1.40. The first kappa shape index (κ1) is 27.5. The standard InChI is InChI=1S/C34H38FN3O3/c1-37(2)33(25-7-6-8-26(35)21-25)14-16-34(17-15-33)32-28(27-9-4-5-10-29(27)36-32)13-18-38(34)31(40)20-23-11-12-30(41-3)24(19-23)22-39/h4-12,19,21,36,39H,13-18,20,22H2,1-3H3. The quantitative estimate of drug-likeness (QED) is 0.322. The van der Waals surface area contributed by atoms with E-state index in [1.54, 1.807) is 19.2 Å². The fourth-order valence-electron chi connectivity index (χ4n) is 7.50. The second-order valence-electron chi connectivity index (χ2n) is 11.8. The van der Waals surface area contributed by atoms with Gasteiger partial charge in [-0.25, -0.2) is 4.39 Å². The summed E-state index contributed by atoms with van der Waals surface area (Å²) in [6.45, 7) is 0.496. The highest BCUT2D eigenvalue weighted by atomic mass is 19.1. The Labute approximate surface area is 240 Å². The first-order chi connectivity index (χ1) is 19.8. The molecule has 6 rings (SSSR count). The van der Waals surface area contributed by atoms with Crippen LogP contribution in [0.25, 0.3) is 10.9 Å². The highest BCUT2D eigenvalue weighted by molar-refractivity contribution is 5.87. The molecule has 1 spiro atoms. The van der Waals surface area contributed by atoms with Crippen LogP contribution in [0.15, 0.2) is 66.7 Å². The molecule has 0 bridgehead atoms. The van der Waals surface area contributed by atoms with Crippen molar-refractivity contribution in [1.82, 2.24) is 14.8 Å². The van der Waals surface area contributed by atoms with Gasteiger partial charge in [0.25, 0.3) is 0 Å². The zero-order chi connectivity index (χ0) is 28.8. The number of aliphatic hydroxyl groups is 1. The van der Waals surface area contributed by atoms with Crippen LogP contribution in [-0.4, -0.2) is 53.5 Å². The Hall–Kier alpha value is -3.68. The van der Waals surface area contributed by atoms with E-state index < -0.39 is 5.54 Å². The molecule has 214 valence electrons. The number of carbonyl (C=O) groups is 1. The molecule has 41 heavy (non-hydrogen) atoms. The molecule has 1 aromatic heterocycles. The Bertz CT molecular complexity index is 1590. The molecule has 4 aromatic rings. The van der Waals surface area contributed by atoms with E-state index in [4.69, 9.17) is 4.74 Å². The van der Waals surface area contributed by atoms with Crippen LogP contribution in [0.1, 0.15) is 53.6 Å². The van der Waals surface area contributed by atoms with Gasteiger partial charge < -0.3 is 19.7 Å². The molecule has 1 aliphatic carbocycles. The summed E-state index contributed by atoms with van der Waals surface area (Å²) in [5.41, 5.74) is 5.26. The summed E-state index contributed by atoms with van der Waals surface area (Å²) in [4.78, 5) is 22.3. The molecule has 3 aromatic carbocycles. The van der Waals surface area contributed by atoms with Crippen molar-refractivity contribution in [2.45, 2.75) is 56.2 Å². The second kappa shape index (κ2) is 10.6. The van der Waals surface area contributed by atoms with Gasteiger partial charge in [0.1, 0.15) is 11.6 Å². The van der Waals surface area contributed by atoms with Gasteiger partial charge >= 0.3 is 0 Å². The number of methoxy groups -OCH3 is 1. The van der Waals surface area contributed by atoms with E-state index in [0.29, 0.717) is 17.9 Å². The number of nitrogens with one attached hydrogen (secondary N) is 1. The molecule has 2 heterocycles. The van der Waals surface area contributed by atoms with Crippen LogP contribution >= 0.6 is 0 Å². The number of para-hydroxylation sites is 1. The maximum absolute atomic E-state index is 14.4. The van der Waals surface area contributed by atoms with E-state index in [0.717, 1.165) is 54.4 Å². The molecule has 2 aliphatic rings. The molecule has 1 fully saturated rings. The first-order valence-corrected chi connectivity index (χ1v) is 14.4. The molecule has 1 amide bonds. The Morgan fingerprint density at radius 2 is 1.83 bits per heavy atom. The third kappa shape index (κ3) is 4.52. The monoisotopic (exact) mass is 555 g/mol. The molecule has 7 heteroatoms. The van der Waals surface area contributed by atoms with Crippen molar-refractivity contribution in [3.63, 3.8) is 0 Å². The predicted molar refractivity (Wildman–Crippen MR) is 158 cm³/mol. The van der Waals surface area contributed by atoms with Gasteiger partial charge in [-0.15, -0.1) is 0 Å². The Morgan fingerprint density at radius 3 is 2.54 bits per heavy atom. The van der Waals surface area contributed by atoms with Gasteiger partial charge in [-0.1, -0.05) is 36.4 Å². The van der Waals surface area contributed by atoms with Gasteiger partial charge in [0, 0.05) is 34.2 Å². The minimum Gasteiger partial charge on any atom is -0.496 e. The molecule has 2 N–H and O–H groups in total. The van der Waals surface area contributed by atoms with Gasteiger partial charge in [0.2, 0.25) is 5.91 Å². The lowest BCUT2D eigenvalue weighted by molar-refractivity contribution is -0.142. The number of rotatable bonds is 6. The molecule has 0 atom stereocenters. The zero-order valence-corrected chi connectivity index (χ0v) is 24.0. The number of halogens is 1. The summed E-state index contributed by atoms with van der Waals surface area (Å²) in [5.74, 6) is 0.468. The van der Waals surface area contributed by atoms with E-state index >= 15 is 0 Å². The number of ether oxygens (including phenoxy) is 1. The maximum atomic E-state index is 14.4. The van der Waals surface area contributed by atoms with E-state index in [-0.39, 0.29) is 30.3 Å². The van der Waals surface area contributed by atoms with E-state index in [9.17, 15) is 14.3 Å². The van der Waals surface area contributed by atoms with Gasteiger partial charge in [-0.05, 0) is 93.2 Å². The SMILES string of the molecule is COc1ccc(CC(=O)N2CCc3c([nH]c4ccccc34)C23CCC(c2cccc(F)c2)(N(C)C)CC3)cc1CO. The summed E-state index contributed by atoms with van der Waals surface area (Å²) in [7, 11) is 5.72. The van der Waals surface area contributed by atoms with Crippen LogP contribution < -0.4 is 4.74 Å². The van der Waals surface area contributed by atoms with Crippen LogP contribution in [-0.2, 0) is 35.3 Å². The van der Waals surface area contributed by atoms with Crippen molar-refractivity contribution in [2.75, 3.05) is 27.7 Å². The van der Waals surface area contributed by atoms with Crippen LogP contribution in [0.2, 0.25) is 0 Å². The molecular weight excluding hydrogens is 517 g/mol. The van der Waals surface area contributed by atoms with Gasteiger partial charge in [0.05, 0.1) is 25.7 Å². The molecule has 0 radical (unpaired) electrons. The number of hydrogen-bond donors (Lipinski definition) is 2. The molecule has 6 nitrogen and oxygen atoms in total. The lowest BCUT2D eigenvalue weighted by atomic mass is 9.65. The minimum absolute atomic E-state index is 0.0754. The number of H-pyrrole nitrogens is 1. The average molecular weight is 556 g/mol. The van der Waals surface area contributed by atoms with E-state index in [1.165, 1.54) is 17.0 Å². The fraction of sp³-hybridized carbons (Fsp3) is 0.382. The lowest BCUT2D eigenvalue weighted by Gasteiger charge is -2.55. The third-order valence-corrected chi connectivity index (χ3v) is 9.67. The summed E-state index contributed by atoms with van der Waals surface area (Å²) < 4.78 is 19.8. The van der Waals surface area contributed by atoms with Crippen LogP contribution in [0.3, 0.4) is 0 Å². The maximum Gasteiger partial charge on any atom is 0.227 e. The number of aromatic amines is 1. The number of aliphatic hydroxyl groups excluding tert-OH is 1. The summed E-state index contributed by atoms with van der Waals surface area (Å²) in [5, 5.41) is 11.1. The average Bonchev–Trinajstić information content (AvgIpc) is 3.37. The van der Waals surface area contributed by atoms with Crippen molar-refractivity contribution < 1.29 is 19.0 Å². The van der Waals surface area contributed by atoms with Crippen molar-refractivity contribution in [3.05, 3.63) is 100 Å². The molecule has 1 saturated carbocycles. The normalized spacial score (nSPS) is 22.3. The van der Waals surface area contributed by atoms with E-state index in [2.05, 4.69) is 47.1 Å². The number of benzene rings is 3. The number of nitrogens with zero attached hydrogens (tertiary/aromatic N) is 2. The van der Waals surface area contributed by atoms with Crippen LogP contribution in [0.4, 0.5) is 4.39 Å². The van der Waals surface area contributed by atoms with Gasteiger partial charge in [-0.3, -0.25) is 9.69 Å². The zero-order valence-electron chi connectivity index (χ0n) is 24.0. The third-order valence-electron chi connectivity index (χ3n) is 9.67. The summed E-state index contributed by atoms with van der Waals surface area (Å²) in [6, 6.07) is 21.0. The smallest absolute Gasteiger partial charge is 0.227 e. The topological polar surface area (TPSA) is 68.8 Å². The highest BCUT2D eigenvalue weighted by Crippen LogP contribution is 2.53. The molecule has 1 aliphatic heterocycles. The molecule has 0 unspecified atom stereocenters. The molecular formula is C34H38FN3O3. The number of amides is 1. The van der Waals surface area contributed by atoms with Crippen molar-refractivity contribution >= 4 is 16.8 Å². The van der Waals surface area contributed by atoms with Gasteiger partial charge in [0.15, 0.2) is 0 Å². The predicted octanol–water partition coefficient (Wildman–Crippen LogP) is 5.66. The fourth-order valence-corrected chi connectivity index (χ4v) is 7.50. The summed E-state index contributed by atoms with van der Waals surface area (Å²) in [6.07, 6.45) is 4.14. The number of hydrogen-bond acceptors (Lipinski definition) is 4. The number of aromatic nitrogens is 1. The van der Waals surface area contributed by atoms with Crippen molar-refractivity contribution in [1.29, 1.82) is 0 Å².